The van der Waals surface area contributed by atoms with E-state index in [1.807, 2.05) is 67.1 Å². The van der Waals surface area contributed by atoms with Crippen molar-refractivity contribution in [1.82, 2.24) is 14.5 Å². The minimum absolute atomic E-state index is 0.0230. The molecule has 7 heteroatoms. The number of hydrogen-bond acceptors (Lipinski definition) is 5. The van der Waals surface area contributed by atoms with Gasteiger partial charge in [0.25, 0.3) is 5.91 Å². The van der Waals surface area contributed by atoms with Crippen molar-refractivity contribution in [3.63, 3.8) is 0 Å². The molecule has 0 bridgehead atoms. The molecule has 2 heterocycles. The highest BCUT2D eigenvalue weighted by atomic mass is 32.1. The third-order valence-corrected chi connectivity index (χ3v) is 5.99. The van der Waals surface area contributed by atoms with E-state index >= 15 is 0 Å². The van der Waals surface area contributed by atoms with E-state index in [0.29, 0.717) is 11.7 Å². The lowest BCUT2D eigenvalue weighted by atomic mass is 10.2. The Morgan fingerprint density at radius 1 is 1.13 bits per heavy atom. The van der Waals surface area contributed by atoms with Crippen molar-refractivity contribution in [2.24, 2.45) is 0 Å². The minimum Gasteiger partial charge on any atom is -0.483 e. The molecule has 0 radical (unpaired) electrons. The van der Waals surface area contributed by atoms with Crippen LogP contribution in [-0.2, 0) is 11.3 Å². The Hall–Kier alpha value is -3.19. The standard InChI is InChI=1S/C23H24N4O2S/c1-17-7-3-4-9-19(17)29-15-21(28)27(13-6-12-26-14-11-24-16-26)23-25-22-18(2)8-5-10-20(22)30-23/h3-5,7-11,14,16H,6,12-13,15H2,1-2H3. The second-order valence-corrected chi connectivity index (χ2v) is 8.18. The first-order chi connectivity index (χ1) is 14.6. The second kappa shape index (κ2) is 9.09. The van der Waals surface area contributed by atoms with Gasteiger partial charge in [-0.3, -0.25) is 9.69 Å². The Bertz CT molecular complexity index is 1140. The molecule has 0 unspecified atom stereocenters. The quantitative estimate of drug-likeness (QED) is 0.418. The zero-order valence-electron chi connectivity index (χ0n) is 17.1. The molecule has 0 spiro atoms. The number of thiazole rings is 1. The van der Waals surface area contributed by atoms with Gasteiger partial charge in [-0.05, 0) is 43.5 Å². The largest absolute Gasteiger partial charge is 0.483 e. The van der Waals surface area contributed by atoms with Crippen LogP contribution in [0.25, 0.3) is 10.2 Å². The number of carbonyl (C=O) groups is 1. The smallest absolute Gasteiger partial charge is 0.266 e. The van der Waals surface area contributed by atoms with Gasteiger partial charge in [-0.15, -0.1) is 0 Å². The molecule has 4 rings (SSSR count). The van der Waals surface area contributed by atoms with Gasteiger partial charge >= 0.3 is 0 Å². The van der Waals surface area contributed by atoms with E-state index in [1.165, 1.54) is 11.3 Å². The van der Waals surface area contributed by atoms with Crippen LogP contribution in [0.1, 0.15) is 17.5 Å². The first-order valence-corrected chi connectivity index (χ1v) is 10.7. The van der Waals surface area contributed by atoms with Gasteiger partial charge in [0.1, 0.15) is 5.75 Å². The number of carbonyl (C=O) groups excluding carboxylic acids is 1. The number of hydrogen-bond donors (Lipinski definition) is 0. The summed E-state index contributed by atoms with van der Waals surface area (Å²) in [5.41, 5.74) is 3.06. The van der Waals surface area contributed by atoms with Gasteiger partial charge in [-0.25, -0.2) is 9.97 Å². The Morgan fingerprint density at radius 2 is 1.97 bits per heavy atom. The summed E-state index contributed by atoms with van der Waals surface area (Å²) in [5, 5.41) is 0.711. The highest BCUT2D eigenvalue weighted by Crippen LogP contribution is 2.31. The normalized spacial score (nSPS) is 11.0. The molecule has 4 aromatic rings. The Morgan fingerprint density at radius 3 is 2.73 bits per heavy atom. The van der Waals surface area contributed by atoms with Crippen LogP contribution in [0.2, 0.25) is 0 Å². The summed E-state index contributed by atoms with van der Waals surface area (Å²) in [5.74, 6) is 0.630. The number of nitrogens with zero attached hydrogens (tertiary/aromatic N) is 4. The lowest BCUT2D eigenvalue weighted by Gasteiger charge is -2.20. The summed E-state index contributed by atoms with van der Waals surface area (Å²) in [6, 6.07) is 13.8. The second-order valence-electron chi connectivity index (χ2n) is 7.17. The van der Waals surface area contributed by atoms with Gasteiger partial charge in [0.05, 0.1) is 16.5 Å². The summed E-state index contributed by atoms with van der Waals surface area (Å²) in [7, 11) is 0. The van der Waals surface area contributed by atoms with E-state index in [1.54, 1.807) is 17.4 Å². The van der Waals surface area contributed by atoms with Crippen LogP contribution in [0.5, 0.6) is 5.75 Å². The monoisotopic (exact) mass is 420 g/mol. The molecule has 0 N–H and O–H groups in total. The third kappa shape index (κ3) is 4.52. The van der Waals surface area contributed by atoms with E-state index in [4.69, 9.17) is 9.72 Å². The predicted octanol–water partition coefficient (Wildman–Crippen LogP) is 4.61. The maximum atomic E-state index is 13.1. The number of benzene rings is 2. The molecule has 154 valence electrons. The third-order valence-electron chi connectivity index (χ3n) is 4.94. The molecular formula is C23H24N4O2S. The lowest BCUT2D eigenvalue weighted by molar-refractivity contribution is -0.120. The van der Waals surface area contributed by atoms with Crippen molar-refractivity contribution in [1.29, 1.82) is 0 Å². The van der Waals surface area contributed by atoms with Gasteiger partial charge < -0.3 is 9.30 Å². The van der Waals surface area contributed by atoms with Gasteiger partial charge in [0.2, 0.25) is 0 Å². The molecule has 0 aliphatic heterocycles. The van der Waals surface area contributed by atoms with E-state index in [0.717, 1.165) is 40.1 Å². The molecule has 0 atom stereocenters. The van der Waals surface area contributed by atoms with Crippen LogP contribution in [0.3, 0.4) is 0 Å². The van der Waals surface area contributed by atoms with Crippen molar-refractivity contribution in [3.05, 3.63) is 72.3 Å². The van der Waals surface area contributed by atoms with E-state index < -0.39 is 0 Å². The van der Waals surface area contributed by atoms with Crippen molar-refractivity contribution < 1.29 is 9.53 Å². The van der Waals surface area contributed by atoms with Crippen molar-refractivity contribution >= 4 is 32.6 Å². The predicted molar refractivity (Wildman–Crippen MR) is 120 cm³/mol. The molecule has 0 saturated heterocycles. The maximum Gasteiger partial charge on any atom is 0.266 e. The number of anilines is 1. The first kappa shape index (κ1) is 20.1. The average Bonchev–Trinajstić information content (AvgIpc) is 3.41. The summed E-state index contributed by atoms with van der Waals surface area (Å²) in [6.45, 7) is 5.33. The number of fused-ring (bicyclic) bond motifs is 1. The Labute approximate surface area is 179 Å². The van der Waals surface area contributed by atoms with E-state index in [2.05, 4.69) is 4.98 Å². The highest BCUT2D eigenvalue weighted by molar-refractivity contribution is 7.22. The zero-order chi connectivity index (χ0) is 20.9. The maximum absolute atomic E-state index is 13.1. The first-order valence-electron chi connectivity index (χ1n) is 9.92. The van der Waals surface area contributed by atoms with Gasteiger partial charge in [0.15, 0.2) is 11.7 Å². The number of ether oxygens (including phenoxy) is 1. The van der Waals surface area contributed by atoms with Crippen molar-refractivity contribution in [3.8, 4) is 5.75 Å². The van der Waals surface area contributed by atoms with Gasteiger partial charge in [0, 0.05) is 25.5 Å². The number of amides is 1. The molecule has 6 nitrogen and oxygen atoms in total. The summed E-state index contributed by atoms with van der Waals surface area (Å²) in [4.78, 5) is 23.7. The van der Waals surface area contributed by atoms with E-state index in [-0.39, 0.29) is 12.5 Å². The number of aryl methyl sites for hydroxylation is 3. The number of para-hydroxylation sites is 2. The SMILES string of the molecule is Cc1ccccc1OCC(=O)N(CCCn1ccnc1)c1nc2c(C)cccc2s1. The summed E-state index contributed by atoms with van der Waals surface area (Å²) >= 11 is 1.54. The van der Waals surface area contributed by atoms with Crippen LogP contribution in [0, 0.1) is 13.8 Å². The molecule has 0 fully saturated rings. The minimum atomic E-state index is -0.0967. The fourth-order valence-corrected chi connectivity index (χ4v) is 4.37. The summed E-state index contributed by atoms with van der Waals surface area (Å²) in [6.07, 6.45) is 6.26. The van der Waals surface area contributed by atoms with Crippen LogP contribution in [0.15, 0.2) is 61.2 Å². The number of aromatic nitrogens is 3. The highest BCUT2D eigenvalue weighted by Gasteiger charge is 2.21. The van der Waals surface area contributed by atoms with Crippen LogP contribution in [0.4, 0.5) is 5.13 Å². The van der Waals surface area contributed by atoms with Crippen molar-refractivity contribution in [2.75, 3.05) is 18.1 Å². The number of imidazole rings is 1. The molecule has 1 amide bonds. The molecule has 0 aliphatic carbocycles. The molecule has 2 aromatic carbocycles. The van der Waals surface area contributed by atoms with Gasteiger partial charge in [-0.1, -0.05) is 41.7 Å². The molecule has 30 heavy (non-hydrogen) atoms. The fraction of sp³-hybridized carbons (Fsp3) is 0.261. The van der Waals surface area contributed by atoms with Crippen LogP contribution >= 0.6 is 11.3 Å². The molecular weight excluding hydrogens is 396 g/mol. The number of rotatable bonds is 8. The Balaban J connectivity index is 1.53. The molecule has 0 saturated carbocycles. The molecule has 0 aliphatic rings. The van der Waals surface area contributed by atoms with Gasteiger partial charge in [-0.2, -0.15) is 0 Å². The topological polar surface area (TPSA) is 60.2 Å². The van der Waals surface area contributed by atoms with E-state index in [9.17, 15) is 4.79 Å². The lowest BCUT2D eigenvalue weighted by Crippen LogP contribution is -2.36. The van der Waals surface area contributed by atoms with Crippen molar-refractivity contribution in [2.45, 2.75) is 26.8 Å². The fourth-order valence-electron chi connectivity index (χ4n) is 3.28. The Kier molecular flexibility index (Phi) is 6.09. The van der Waals surface area contributed by atoms with Crippen LogP contribution in [-0.4, -0.2) is 33.6 Å². The average molecular weight is 421 g/mol. The molecule has 2 aromatic heterocycles. The zero-order valence-corrected chi connectivity index (χ0v) is 17.9. The summed E-state index contributed by atoms with van der Waals surface area (Å²) < 4.78 is 8.91. The van der Waals surface area contributed by atoms with Crippen LogP contribution < -0.4 is 9.64 Å².